The van der Waals surface area contributed by atoms with Crippen molar-refractivity contribution < 1.29 is 16.8 Å². The molecule has 24 heavy (non-hydrogen) atoms. The summed E-state index contributed by atoms with van der Waals surface area (Å²) in [6.45, 7) is 1.99. The standard InChI is InChI=1S/C15H24N2O4S2.ClH/c1-16-10-7-13-8-11-17(12-9-13)23(20,21)15-5-3-14(4-6-15)22(2,18)19;/h3-6,13,16H,7-12H2,1-2H3;1H. The first kappa shape index (κ1) is 21.4. The van der Waals surface area contributed by atoms with Crippen LogP contribution in [0.3, 0.4) is 0 Å². The fourth-order valence-corrected chi connectivity index (χ4v) is 4.89. The number of benzene rings is 1. The van der Waals surface area contributed by atoms with Gasteiger partial charge in [-0.15, -0.1) is 12.4 Å². The van der Waals surface area contributed by atoms with Gasteiger partial charge in [-0.3, -0.25) is 0 Å². The minimum absolute atomic E-state index is 0. The molecule has 0 aromatic heterocycles. The molecule has 138 valence electrons. The van der Waals surface area contributed by atoms with Crippen LogP contribution in [0.5, 0.6) is 0 Å². The van der Waals surface area contributed by atoms with E-state index in [1.54, 1.807) is 0 Å². The van der Waals surface area contributed by atoms with Gasteiger partial charge in [0.1, 0.15) is 0 Å². The van der Waals surface area contributed by atoms with Crippen LogP contribution in [0.25, 0.3) is 0 Å². The number of nitrogens with one attached hydrogen (secondary N) is 1. The molecule has 1 aliphatic heterocycles. The maximum Gasteiger partial charge on any atom is 0.243 e. The summed E-state index contributed by atoms with van der Waals surface area (Å²) in [5.41, 5.74) is 0. The van der Waals surface area contributed by atoms with Crippen molar-refractivity contribution in [3.8, 4) is 0 Å². The Bertz CT molecular complexity index is 725. The summed E-state index contributed by atoms with van der Waals surface area (Å²) in [5.74, 6) is 0.557. The molecule has 1 heterocycles. The number of rotatable bonds is 6. The van der Waals surface area contributed by atoms with Gasteiger partial charge in [0.15, 0.2) is 9.84 Å². The highest BCUT2D eigenvalue weighted by atomic mass is 35.5. The molecule has 2 rings (SSSR count). The average Bonchev–Trinajstić information content (AvgIpc) is 2.52. The number of nitrogens with zero attached hydrogens (tertiary/aromatic N) is 1. The molecule has 0 radical (unpaired) electrons. The summed E-state index contributed by atoms with van der Waals surface area (Å²) in [6, 6.07) is 5.45. The van der Waals surface area contributed by atoms with Gasteiger partial charge in [-0.2, -0.15) is 4.31 Å². The molecular formula is C15H25ClN2O4S2. The lowest BCUT2D eigenvalue weighted by molar-refractivity contribution is 0.263. The largest absolute Gasteiger partial charge is 0.320 e. The first-order valence-electron chi connectivity index (χ1n) is 7.70. The predicted octanol–water partition coefficient (Wildman–Crippen LogP) is 1.52. The van der Waals surface area contributed by atoms with Gasteiger partial charge < -0.3 is 5.32 Å². The second-order valence-corrected chi connectivity index (χ2v) is 9.94. The van der Waals surface area contributed by atoms with E-state index in [9.17, 15) is 16.8 Å². The highest BCUT2D eigenvalue weighted by molar-refractivity contribution is 7.90. The van der Waals surface area contributed by atoms with E-state index < -0.39 is 19.9 Å². The van der Waals surface area contributed by atoms with Crippen molar-refractivity contribution in [2.24, 2.45) is 5.92 Å². The van der Waals surface area contributed by atoms with Crippen molar-refractivity contribution >= 4 is 32.3 Å². The van der Waals surface area contributed by atoms with Crippen LogP contribution in [-0.2, 0) is 19.9 Å². The summed E-state index contributed by atoms with van der Waals surface area (Å²) >= 11 is 0. The third-order valence-electron chi connectivity index (χ3n) is 4.27. The minimum Gasteiger partial charge on any atom is -0.320 e. The van der Waals surface area contributed by atoms with Gasteiger partial charge in [-0.05, 0) is 63.0 Å². The molecule has 6 nitrogen and oxygen atoms in total. The van der Waals surface area contributed by atoms with Crippen molar-refractivity contribution in [3.63, 3.8) is 0 Å². The number of hydrogen-bond donors (Lipinski definition) is 1. The van der Waals surface area contributed by atoms with Gasteiger partial charge >= 0.3 is 0 Å². The van der Waals surface area contributed by atoms with Crippen molar-refractivity contribution in [3.05, 3.63) is 24.3 Å². The Kier molecular flexibility index (Phi) is 7.68. The van der Waals surface area contributed by atoms with Crippen LogP contribution in [0, 0.1) is 5.92 Å². The van der Waals surface area contributed by atoms with Crippen molar-refractivity contribution in [1.82, 2.24) is 9.62 Å². The maximum absolute atomic E-state index is 12.6. The van der Waals surface area contributed by atoms with Crippen LogP contribution in [0.15, 0.2) is 34.1 Å². The third-order valence-corrected chi connectivity index (χ3v) is 7.31. The Labute approximate surface area is 151 Å². The molecule has 1 fully saturated rings. The van der Waals surface area contributed by atoms with Crippen LogP contribution in [0.2, 0.25) is 0 Å². The molecule has 0 atom stereocenters. The Balaban J connectivity index is 0.00000288. The van der Waals surface area contributed by atoms with E-state index >= 15 is 0 Å². The molecule has 1 aliphatic rings. The lowest BCUT2D eigenvalue weighted by Crippen LogP contribution is -2.38. The van der Waals surface area contributed by atoms with E-state index in [2.05, 4.69) is 5.32 Å². The topological polar surface area (TPSA) is 83.6 Å². The molecule has 0 aliphatic carbocycles. The zero-order valence-corrected chi connectivity index (χ0v) is 16.4. The SMILES string of the molecule is CNCCC1CCN(S(=O)(=O)c2ccc(S(C)(=O)=O)cc2)CC1.Cl. The monoisotopic (exact) mass is 396 g/mol. The van der Waals surface area contributed by atoms with E-state index in [1.165, 1.54) is 28.6 Å². The lowest BCUT2D eigenvalue weighted by atomic mass is 9.95. The fraction of sp³-hybridized carbons (Fsp3) is 0.600. The molecule has 0 saturated carbocycles. The summed E-state index contributed by atoms with van der Waals surface area (Å²) in [4.78, 5) is 0.279. The summed E-state index contributed by atoms with van der Waals surface area (Å²) in [7, 11) is -4.95. The number of halogens is 1. The highest BCUT2D eigenvalue weighted by Gasteiger charge is 2.29. The molecule has 1 aromatic rings. The number of sulfone groups is 1. The fourth-order valence-electron chi connectivity index (χ4n) is 2.79. The van der Waals surface area contributed by atoms with Gasteiger partial charge in [-0.1, -0.05) is 0 Å². The van der Waals surface area contributed by atoms with Crippen molar-refractivity contribution in [1.29, 1.82) is 0 Å². The maximum atomic E-state index is 12.6. The molecule has 0 bridgehead atoms. The number of piperidine rings is 1. The molecule has 1 N–H and O–H groups in total. The van der Waals surface area contributed by atoms with Gasteiger partial charge in [0.2, 0.25) is 10.0 Å². The van der Waals surface area contributed by atoms with Crippen LogP contribution >= 0.6 is 12.4 Å². The molecule has 0 spiro atoms. The zero-order chi connectivity index (χ0) is 17.1. The van der Waals surface area contributed by atoms with Gasteiger partial charge in [-0.25, -0.2) is 16.8 Å². The normalized spacial score (nSPS) is 17.4. The van der Waals surface area contributed by atoms with Crippen LogP contribution in [-0.4, -0.2) is 54.1 Å². The molecule has 0 unspecified atom stereocenters. The Hall–Kier alpha value is -0.670. The lowest BCUT2D eigenvalue weighted by Gasteiger charge is -2.31. The first-order chi connectivity index (χ1) is 10.7. The molecular weight excluding hydrogens is 372 g/mol. The molecule has 0 amide bonds. The Morgan fingerprint density at radius 3 is 2.00 bits per heavy atom. The Morgan fingerprint density at radius 1 is 1.04 bits per heavy atom. The van der Waals surface area contributed by atoms with E-state index in [-0.39, 0.29) is 22.2 Å². The molecule has 9 heteroatoms. The Morgan fingerprint density at radius 2 is 1.54 bits per heavy atom. The second kappa shape index (κ2) is 8.62. The second-order valence-electron chi connectivity index (χ2n) is 5.98. The third kappa shape index (κ3) is 5.16. The van der Waals surface area contributed by atoms with Gasteiger partial charge in [0.25, 0.3) is 0 Å². The smallest absolute Gasteiger partial charge is 0.243 e. The zero-order valence-electron chi connectivity index (χ0n) is 13.9. The average molecular weight is 397 g/mol. The van der Waals surface area contributed by atoms with Crippen LogP contribution < -0.4 is 5.32 Å². The molecule has 1 saturated heterocycles. The summed E-state index contributed by atoms with van der Waals surface area (Å²) in [6.07, 6.45) is 3.89. The minimum atomic E-state index is -3.55. The van der Waals surface area contributed by atoms with E-state index in [0.717, 1.165) is 32.1 Å². The van der Waals surface area contributed by atoms with Crippen molar-refractivity contribution in [2.45, 2.75) is 29.1 Å². The van der Waals surface area contributed by atoms with E-state index in [4.69, 9.17) is 0 Å². The summed E-state index contributed by atoms with van der Waals surface area (Å²) in [5, 5.41) is 3.12. The summed E-state index contributed by atoms with van der Waals surface area (Å²) < 4.78 is 49.7. The quantitative estimate of drug-likeness (QED) is 0.788. The van der Waals surface area contributed by atoms with Gasteiger partial charge in [0, 0.05) is 19.3 Å². The number of hydrogen-bond acceptors (Lipinski definition) is 5. The number of sulfonamides is 1. The van der Waals surface area contributed by atoms with Gasteiger partial charge in [0.05, 0.1) is 9.79 Å². The van der Waals surface area contributed by atoms with E-state index in [0.29, 0.717) is 19.0 Å². The van der Waals surface area contributed by atoms with Crippen LogP contribution in [0.4, 0.5) is 0 Å². The van der Waals surface area contributed by atoms with Crippen LogP contribution in [0.1, 0.15) is 19.3 Å². The van der Waals surface area contributed by atoms with E-state index in [1.807, 2.05) is 7.05 Å². The molecule has 1 aromatic carbocycles. The highest BCUT2D eigenvalue weighted by Crippen LogP contribution is 2.26. The van der Waals surface area contributed by atoms with Crippen molar-refractivity contribution in [2.75, 3.05) is 32.9 Å². The first-order valence-corrected chi connectivity index (χ1v) is 11.0. The predicted molar refractivity (Wildman–Crippen MR) is 96.8 cm³/mol.